The number of amides is 1. The summed E-state index contributed by atoms with van der Waals surface area (Å²) in [7, 11) is 0. The third kappa shape index (κ3) is 2.78. The van der Waals surface area contributed by atoms with Crippen LogP contribution in [0, 0.1) is 5.82 Å². The monoisotopic (exact) mass is 307 g/mol. The van der Waals surface area contributed by atoms with Crippen LogP contribution in [0.4, 0.5) is 10.1 Å². The van der Waals surface area contributed by atoms with E-state index in [0.717, 1.165) is 0 Å². The number of carbonyl (C=O) groups is 1. The summed E-state index contributed by atoms with van der Waals surface area (Å²) in [5.74, 6) is -0.130. The topological polar surface area (TPSA) is 47.6 Å². The van der Waals surface area contributed by atoms with Crippen LogP contribution in [0.25, 0.3) is 0 Å². The SMILES string of the molecule is O=C(Nc1ccc2c(c1)OCCO2)c1c(F)cccc1Cl. The molecule has 1 aliphatic heterocycles. The quantitative estimate of drug-likeness (QED) is 0.923. The predicted octanol–water partition coefficient (Wildman–Crippen LogP) is 3.50. The number of carbonyl (C=O) groups excluding carboxylic acids is 1. The van der Waals surface area contributed by atoms with Crippen LogP contribution in [-0.4, -0.2) is 19.1 Å². The molecule has 0 spiro atoms. The van der Waals surface area contributed by atoms with Gasteiger partial charge in [0.25, 0.3) is 5.91 Å². The Morgan fingerprint density at radius 1 is 1.14 bits per heavy atom. The van der Waals surface area contributed by atoms with E-state index < -0.39 is 11.7 Å². The van der Waals surface area contributed by atoms with Gasteiger partial charge in [-0.05, 0) is 24.3 Å². The van der Waals surface area contributed by atoms with Crippen molar-refractivity contribution in [3.8, 4) is 11.5 Å². The van der Waals surface area contributed by atoms with Crippen molar-refractivity contribution < 1.29 is 18.7 Å². The average molecular weight is 308 g/mol. The Balaban J connectivity index is 1.85. The maximum Gasteiger partial charge on any atom is 0.260 e. The van der Waals surface area contributed by atoms with E-state index in [-0.39, 0.29) is 10.6 Å². The highest BCUT2D eigenvalue weighted by Gasteiger charge is 2.17. The molecule has 0 saturated carbocycles. The lowest BCUT2D eigenvalue weighted by Crippen LogP contribution is -2.17. The molecule has 1 heterocycles. The first-order valence-corrected chi connectivity index (χ1v) is 6.68. The number of anilines is 1. The molecule has 6 heteroatoms. The Bertz CT molecular complexity index is 685. The molecule has 0 saturated heterocycles. The zero-order chi connectivity index (χ0) is 14.8. The van der Waals surface area contributed by atoms with Crippen LogP contribution in [0.15, 0.2) is 36.4 Å². The average Bonchev–Trinajstić information content (AvgIpc) is 2.47. The third-order valence-corrected chi connectivity index (χ3v) is 3.30. The summed E-state index contributed by atoms with van der Waals surface area (Å²) >= 11 is 5.86. The summed E-state index contributed by atoms with van der Waals surface area (Å²) < 4.78 is 24.5. The molecule has 0 aliphatic carbocycles. The minimum Gasteiger partial charge on any atom is -0.486 e. The molecule has 1 aliphatic rings. The summed E-state index contributed by atoms with van der Waals surface area (Å²) in [6.07, 6.45) is 0. The van der Waals surface area contributed by atoms with Gasteiger partial charge in [-0.3, -0.25) is 4.79 Å². The smallest absolute Gasteiger partial charge is 0.260 e. The summed E-state index contributed by atoms with van der Waals surface area (Å²) in [4.78, 5) is 12.1. The number of hydrogen-bond acceptors (Lipinski definition) is 3. The Kier molecular flexibility index (Phi) is 3.66. The van der Waals surface area contributed by atoms with Crippen LogP contribution in [0.2, 0.25) is 5.02 Å². The molecule has 3 rings (SSSR count). The van der Waals surface area contributed by atoms with E-state index in [9.17, 15) is 9.18 Å². The van der Waals surface area contributed by atoms with Gasteiger partial charge in [0.15, 0.2) is 11.5 Å². The van der Waals surface area contributed by atoms with Crippen molar-refractivity contribution in [3.05, 3.63) is 52.8 Å². The highest BCUT2D eigenvalue weighted by Crippen LogP contribution is 2.33. The zero-order valence-electron chi connectivity index (χ0n) is 10.9. The standard InChI is InChI=1S/C15H11ClFNO3/c16-10-2-1-3-11(17)14(10)15(19)18-9-4-5-12-13(8-9)21-7-6-20-12/h1-5,8H,6-7H2,(H,18,19). The second-order valence-corrected chi connectivity index (χ2v) is 4.82. The molecule has 0 fully saturated rings. The fraction of sp³-hybridized carbons (Fsp3) is 0.133. The summed E-state index contributed by atoms with van der Waals surface area (Å²) in [5.41, 5.74) is 0.289. The van der Waals surface area contributed by atoms with Crippen LogP contribution in [-0.2, 0) is 0 Å². The van der Waals surface area contributed by atoms with Crippen molar-refractivity contribution >= 4 is 23.2 Å². The molecule has 1 N–H and O–H groups in total. The molecular weight excluding hydrogens is 297 g/mol. The van der Waals surface area contributed by atoms with Gasteiger partial charge in [0, 0.05) is 11.8 Å². The third-order valence-electron chi connectivity index (χ3n) is 2.99. The molecule has 1 amide bonds. The first-order valence-electron chi connectivity index (χ1n) is 6.30. The molecule has 21 heavy (non-hydrogen) atoms. The first kappa shape index (κ1) is 13.7. The van der Waals surface area contributed by atoms with Crippen molar-refractivity contribution in [3.63, 3.8) is 0 Å². The zero-order valence-corrected chi connectivity index (χ0v) is 11.6. The Labute approximate surface area is 125 Å². The molecule has 108 valence electrons. The molecule has 0 radical (unpaired) electrons. The van der Waals surface area contributed by atoms with Gasteiger partial charge >= 0.3 is 0 Å². The Hall–Kier alpha value is -2.27. The molecule has 4 nitrogen and oxygen atoms in total. The molecule has 0 aromatic heterocycles. The van der Waals surface area contributed by atoms with Crippen LogP contribution in [0.1, 0.15) is 10.4 Å². The minimum atomic E-state index is -0.669. The van der Waals surface area contributed by atoms with Crippen molar-refractivity contribution in [2.75, 3.05) is 18.5 Å². The number of ether oxygens (including phenoxy) is 2. The first-order chi connectivity index (χ1) is 10.1. The highest BCUT2D eigenvalue weighted by atomic mass is 35.5. The van der Waals surface area contributed by atoms with E-state index in [4.69, 9.17) is 21.1 Å². The van der Waals surface area contributed by atoms with Gasteiger partial charge in [-0.15, -0.1) is 0 Å². The maximum absolute atomic E-state index is 13.7. The van der Waals surface area contributed by atoms with Gasteiger partial charge < -0.3 is 14.8 Å². The lowest BCUT2D eigenvalue weighted by Gasteiger charge is -2.19. The van der Waals surface area contributed by atoms with Crippen LogP contribution < -0.4 is 14.8 Å². The number of benzene rings is 2. The fourth-order valence-corrected chi connectivity index (χ4v) is 2.28. The lowest BCUT2D eigenvalue weighted by molar-refractivity contribution is 0.102. The number of hydrogen-bond donors (Lipinski definition) is 1. The van der Waals surface area contributed by atoms with E-state index >= 15 is 0 Å². The van der Waals surface area contributed by atoms with Gasteiger partial charge in [-0.1, -0.05) is 17.7 Å². The molecular formula is C15H11ClFNO3. The summed E-state index contributed by atoms with van der Waals surface area (Å²) in [6, 6.07) is 9.06. The van der Waals surface area contributed by atoms with Gasteiger partial charge in [0.05, 0.1) is 10.6 Å². The van der Waals surface area contributed by atoms with E-state index in [1.165, 1.54) is 18.2 Å². The van der Waals surface area contributed by atoms with E-state index in [2.05, 4.69) is 5.32 Å². The largest absolute Gasteiger partial charge is 0.486 e. The normalized spacial score (nSPS) is 12.9. The van der Waals surface area contributed by atoms with E-state index in [1.54, 1.807) is 18.2 Å². The van der Waals surface area contributed by atoms with Crippen LogP contribution in [0.3, 0.4) is 0 Å². The number of rotatable bonds is 2. The molecule has 2 aromatic rings. The van der Waals surface area contributed by atoms with Gasteiger partial charge in [0.1, 0.15) is 19.0 Å². The van der Waals surface area contributed by atoms with E-state index in [0.29, 0.717) is 30.4 Å². The molecule has 0 unspecified atom stereocenters. The minimum absolute atomic E-state index is 0.0602. The van der Waals surface area contributed by atoms with Crippen LogP contribution in [0.5, 0.6) is 11.5 Å². The predicted molar refractivity (Wildman–Crippen MR) is 76.8 cm³/mol. The second-order valence-electron chi connectivity index (χ2n) is 4.41. The van der Waals surface area contributed by atoms with Gasteiger partial charge in [0.2, 0.25) is 0 Å². The summed E-state index contributed by atoms with van der Waals surface area (Å²) in [5, 5.41) is 2.65. The van der Waals surface area contributed by atoms with Crippen molar-refractivity contribution in [1.29, 1.82) is 0 Å². The highest BCUT2D eigenvalue weighted by molar-refractivity contribution is 6.34. The van der Waals surface area contributed by atoms with Crippen LogP contribution >= 0.6 is 11.6 Å². The number of nitrogens with one attached hydrogen (secondary N) is 1. The molecule has 2 aromatic carbocycles. The Morgan fingerprint density at radius 2 is 1.90 bits per heavy atom. The Morgan fingerprint density at radius 3 is 2.67 bits per heavy atom. The maximum atomic E-state index is 13.7. The summed E-state index contributed by atoms with van der Waals surface area (Å²) in [6.45, 7) is 0.938. The number of halogens is 2. The second kappa shape index (κ2) is 5.61. The van der Waals surface area contributed by atoms with Gasteiger partial charge in [-0.25, -0.2) is 4.39 Å². The molecule has 0 atom stereocenters. The molecule has 0 bridgehead atoms. The van der Waals surface area contributed by atoms with Crippen molar-refractivity contribution in [2.24, 2.45) is 0 Å². The van der Waals surface area contributed by atoms with Gasteiger partial charge in [-0.2, -0.15) is 0 Å². The number of fused-ring (bicyclic) bond motifs is 1. The lowest BCUT2D eigenvalue weighted by atomic mass is 10.2. The van der Waals surface area contributed by atoms with E-state index in [1.807, 2.05) is 0 Å². The fourth-order valence-electron chi connectivity index (χ4n) is 2.03. The van der Waals surface area contributed by atoms with Crippen molar-refractivity contribution in [1.82, 2.24) is 0 Å². The van der Waals surface area contributed by atoms with Crippen molar-refractivity contribution in [2.45, 2.75) is 0 Å².